The minimum Gasteiger partial charge on any atom is -0.493 e. The molecule has 6 nitrogen and oxygen atoms in total. The van der Waals surface area contributed by atoms with Crippen molar-refractivity contribution in [2.45, 2.75) is 13.5 Å². The second-order valence-electron chi connectivity index (χ2n) is 4.28. The molecule has 1 amide bonds. The van der Waals surface area contributed by atoms with E-state index in [2.05, 4.69) is 4.99 Å². The highest BCUT2D eigenvalue weighted by Crippen LogP contribution is 2.32. The lowest BCUT2D eigenvalue weighted by Crippen LogP contribution is -2.23. The number of halogens is 1. The second-order valence-corrected chi connectivity index (χ2v) is 6.33. The summed E-state index contributed by atoms with van der Waals surface area (Å²) in [6, 6.07) is 5.20. The van der Waals surface area contributed by atoms with Crippen molar-refractivity contribution in [3.63, 3.8) is 0 Å². The van der Waals surface area contributed by atoms with Gasteiger partial charge in [-0.05, 0) is 25.2 Å². The van der Waals surface area contributed by atoms with Crippen molar-refractivity contribution >= 4 is 52.8 Å². The van der Waals surface area contributed by atoms with E-state index in [1.54, 1.807) is 22.8 Å². The van der Waals surface area contributed by atoms with E-state index < -0.39 is 5.91 Å². The Balaban J connectivity index is 0.000000595. The summed E-state index contributed by atoms with van der Waals surface area (Å²) >= 11 is 12.4. The summed E-state index contributed by atoms with van der Waals surface area (Å²) in [5.41, 5.74) is 0.364. The van der Waals surface area contributed by atoms with E-state index in [0.717, 1.165) is 0 Å². The van der Waals surface area contributed by atoms with E-state index in [4.69, 9.17) is 33.4 Å². The smallest absolute Gasteiger partial charge is 0.373 e. The molecule has 0 aliphatic carbocycles. The number of para-hydroxylation sites is 1. The molecular formula is C14H9ClN2O4S2. The van der Waals surface area contributed by atoms with Gasteiger partial charge in [-0.15, -0.1) is 11.3 Å². The first-order valence-electron chi connectivity index (χ1n) is 6.30. The number of carbonyl (C=O) groups excluding carboxylic acids is 3. The van der Waals surface area contributed by atoms with Crippen LogP contribution in [0.1, 0.15) is 11.8 Å². The minimum absolute atomic E-state index is 0.00822. The van der Waals surface area contributed by atoms with Gasteiger partial charge in [0, 0.05) is 11.8 Å². The van der Waals surface area contributed by atoms with Crippen LogP contribution in [-0.2, 0) is 20.9 Å². The summed E-state index contributed by atoms with van der Waals surface area (Å²) in [5.74, 6) is -0.392. The molecule has 0 saturated carbocycles. The van der Waals surface area contributed by atoms with Crippen LogP contribution < -0.4 is 10.6 Å². The summed E-state index contributed by atoms with van der Waals surface area (Å²) < 4.78 is 2.11. The van der Waals surface area contributed by atoms with E-state index >= 15 is 0 Å². The van der Waals surface area contributed by atoms with Gasteiger partial charge in [0.25, 0.3) is 5.91 Å². The minimum atomic E-state index is -0.400. The van der Waals surface area contributed by atoms with Gasteiger partial charge in [-0.1, -0.05) is 23.7 Å². The van der Waals surface area contributed by atoms with E-state index in [9.17, 15) is 9.90 Å². The fourth-order valence-corrected chi connectivity index (χ4v) is 3.85. The highest BCUT2D eigenvalue weighted by Gasteiger charge is 2.25. The first-order chi connectivity index (χ1) is 11.0. The summed E-state index contributed by atoms with van der Waals surface area (Å²) in [5, 5.41) is 11.8. The maximum atomic E-state index is 12.1. The zero-order chi connectivity index (χ0) is 17.1. The van der Waals surface area contributed by atoms with Crippen molar-refractivity contribution in [1.29, 1.82) is 0 Å². The van der Waals surface area contributed by atoms with Crippen molar-refractivity contribution in [2.75, 3.05) is 0 Å². The first kappa shape index (κ1) is 17.2. The number of aromatic hydroxyl groups is 1. The molecule has 118 valence electrons. The molecule has 1 aromatic heterocycles. The van der Waals surface area contributed by atoms with Gasteiger partial charge < -0.3 is 5.11 Å². The Morgan fingerprint density at radius 1 is 1.43 bits per heavy atom. The summed E-state index contributed by atoms with van der Waals surface area (Å²) in [7, 11) is 0. The Kier molecular flexibility index (Phi) is 5.23. The van der Waals surface area contributed by atoms with Crippen LogP contribution in [0.2, 0.25) is 5.02 Å². The molecule has 0 fully saturated rings. The molecular weight excluding hydrogens is 360 g/mol. The summed E-state index contributed by atoms with van der Waals surface area (Å²) in [6.45, 7) is 2.42. The van der Waals surface area contributed by atoms with Gasteiger partial charge in [-0.25, -0.2) is 4.99 Å². The maximum absolute atomic E-state index is 12.1. The Morgan fingerprint density at radius 2 is 2.09 bits per heavy atom. The van der Waals surface area contributed by atoms with Crippen molar-refractivity contribution < 1.29 is 19.5 Å². The average Bonchev–Trinajstić information content (AvgIpc) is 2.97. The second kappa shape index (κ2) is 6.97. The van der Waals surface area contributed by atoms with Gasteiger partial charge in [0.15, 0.2) is 3.95 Å². The molecule has 0 bridgehead atoms. The Labute approximate surface area is 144 Å². The van der Waals surface area contributed by atoms with Crippen LogP contribution >= 0.6 is 35.2 Å². The third-order valence-electron chi connectivity index (χ3n) is 3.10. The molecule has 1 aliphatic heterocycles. The number of benzene rings is 1. The van der Waals surface area contributed by atoms with Crippen LogP contribution in [0.3, 0.4) is 0 Å². The molecule has 1 aromatic carbocycles. The van der Waals surface area contributed by atoms with Crippen molar-refractivity contribution in [3.8, 4) is 5.88 Å². The molecule has 0 saturated heterocycles. The molecule has 1 N–H and O–H groups in total. The number of aromatic nitrogens is 1. The van der Waals surface area contributed by atoms with E-state index in [1.165, 1.54) is 11.3 Å². The lowest BCUT2D eigenvalue weighted by Gasteiger charge is -2.01. The predicted molar refractivity (Wildman–Crippen MR) is 85.2 cm³/mol. The normalized spacial score (nSPS) is 12.1. The monoisotopic (exact) mass is 368 g/mol. The molecule has 0 unspecified atom stereocenters. The Morgan fingerprint density at radius 3 is 2.65 bits per heavy atom. The van der Waals surface area contributed by atoms with Gasteiger partial charge >= 0.3 is 6.15 Å². The average molecular weight is 369 g/mol. The van der Waals surface area contributed by atoms with Gasteiger partial charge in [-0.2, -0.15) is 9.59 Å². The van der Waals surface area contributed by atoms with E-state index in [-0.39, 0.29) is 12.0 Å². The number of fused-ring (bicyclic) bond motifs is 1. The number of hydrogen-bond donors (Lipinski definition) is 1. The van der Waals surface area contributed by atoms with Gasteiger partial charge in [0.05, 0.1) is 16.0 Å². The lowest BCUT2D eigenvalue weighted by atomic mass is 10.1. The highest BCUT2D eigenvalue weighted by molar-refractivity contribution is 7.73. The molecule has 23 heavy (non-hydrogen) atoms. The molecule has 3 rings (SSSR count). The zero-order valence-corrected chi connectivity index (χ0v) is 14.1. The topological polar surface area (TPSA) is 88.7 Å². The van der Waals surface area contributed by atoms with Crippen molar-refractivity contribution in [1.82, 2.24) is 4.57 Å². The van der Waals surface area contributed by atoms with Gasteiger partial charge in [0.1, 0.15) is 4.88 Å². The summed E-state index contributed by atoms with van der Waals surface area (Å²) in [6.07, 6.45) is 0.250. The van der Waals surface area contributed by atoms with Crippen molar-refractivity contribution in [2.24, 2.45) is 4.99 Å². The van der Waals surface area contributed by atoms with Crippen LogP contribution in [0.15, 0.2) is 23.2 Å². The SMILES string of the molecule is CCn1c(O)c(C2=c3cccc(Cl)c3=NC2=O)sc1=S.O=C=O. The fourth-order valence-electron chi connectivity index (χ4n) is 2.16. The predicted octanol–water partition coefficient (Wildman–Crippen LogP) is 1.43. The number of carbonyl (C=O) groups is 1. The molecule has 9 heteroatoms. The molecule has 0 radical (unpaired) electrons. The quantitative estimate of drug-likeness (QED) is 0.810. The number of amides is 1. The number of rotatable bonds is 2. The molecule has 1 aliphatic rings. The summed E-state index contributed by atoms with van der Waals surface area (Å²) in [4.78, 5) is 32.8. The lowest BCUT2D eigenvalue weighted by molar-refractivity contribution is -0.191. The largest absolute Gasteiger partial charge is 0.493 e. The van der Waals surface area contributed by atoms with Gasteiger partial charge in [0.2, 0.25) is 5.88 Å². The van der Waals surface area contributed by atoms with Crippen LogP contribution in [0, 0.1) is 3.95 Å². The van der Waals surface area contributed by atoms with Crippen LogP contribution in [-0.4, -0.2) is 21.7 Å². The Hall–Kier alpha value is -2.12. The molecule has 0 spiro atoms. The van der Waals surface area contributed by atoms with E-state index in [0.29, 0.717) is 36.5 Å². The number of thiazole rings is 1. The zero-order valence-electron chi connectivity index (χ0n) is 11.7. The third kappa shape index (κ3) is 3.02. The van der Waals surface area contributed by atoms with Gasteiger partial charge in [-0.3, -0.25) is 9.36 Å². The van der Waals surface area contributed by atoms with Crippen LogP contribution in [0.4, 0.5) is 0 Å². The van der Waals surface area contributed by atoms with Crippen molar-refractivity contribution in [3.05, 3.63) is 42.6 Å². The fraction of sp³-hybridized carbons (Fsp3) is 0.143. The van der Waals surface area contributed by atoms with E-state index in [1.807, 2.05) is 6.92 Å². The van der Waals surface area contributed by atoms with Crippen LogP contribution in [0.5, 0.6) is 5.88 Å². The Bertz CT molecular complexity index is 1000. The molecule has 0 atom stereocenters. The third-order valence-corrected chi connectivity index (χ3v) is 4.86. The highest BCUT2D eigenvalue weighted by atomic mass is 35.5. The first-order valence-corrected chi connectivity index (χ1v) is 7.90. The number of hydrogen-bond acceptors (Lipinski definition) is 6. The molecule has 2 heterocycles. The number of nitrogens with zero attached hydrogens (tertiary/aromatic N) is 2. The van der Waals surface area contributed by atoms with Crippen LogP contribution in [0.25, 0.3) is 5.57 Å². The molecule has 2 aromatic rings. The maximum Gasteiger partial charge on any atom is 0.373 e. The standard InChI is InChI=1S/C13H9ClN2O2S2.CO2/c1-2-16-12(18)10(20-13(16)19)8-6-4-3-5-7(14)9(6)15-11(8)17;2-1-3/h3-5,18H,2H2,1H3;.